The molecule has 0 amide bonds. The second-order valence-corrected chi connectivity index (χ2v) is 15.6. The van der Waals surface area contributed by atoms with E-state index >= 15 is 0 Å². The molecule has 10 aliphatic rings. The summed E-state index contributed by atoms with van der Waals surface area (Å²) in [5.74, 6) is 7.82. The van der Waals surface area contributed by atoms with Crippen molar-refractivity contribution in [3.05, 3.63) is 23.3 Å². The largest absolute Gasteiger partial charge is 0.488 e. The van der Waals surface area contributed by atoms with E-state index in [1.807, 2.05) is 0 Å². The van der Waals surface area contributed by atoms with Crippen molar-refractivity contribution in [1.29, 1.82) is 0 Å². The van der Waals surface area contributed by atoms with Gasteiger partial charge in [-0.25, -0.2) is 0 Å². The van der Waals surface area contributed by atoms with Crippen molar-refractivity contribution < 1.29 is 18.9 Å². The quantitative estimate of drug-likeness (QED) is 0.349. The van der Waals surface area contributed by atoms with Crippen LogP contribution in [0.1, 0.15) is 102 Å². The number of epoxide rings is 2. The van der Waals surface area contributed by atoms with Crippen molar-refractivity contribution in [3.63, 3.8) is 0 Å². The minimum absolute atomic E-state index is 0.109. The molecule has 8 saturated carbocycles. The molecule has 2 aliphatic heterocycles. The molecule has 11 rings (SSSR count). The molecule has 8 aliphatic carbocycles. The molecule has 4 unspecified atom stereocenters. The second-order valence-electron chi connectivity index (χ2n) is 15.6. The summed E-state index contributed by atoms with van der Waals surface area (Å²) >= 11 is 0. The highest BCUT2D eigenvalue weighted by Crippen LogP contribution is 2.68. The molecule has 0 radical (unpaired) electrons. The standard InChI is InChI=1S/C34H46O4/c1-19(29-17-35-29)37-27-3-4-28(38-20(2)30-18-36-30)32(34-14-24-8-25(15-34)10-26(9-24)16-34)31(27)33-11-21-5-22(12-33)7-23(6-21)13-33/h3-4,19-26,29-30H,5-18H2,1-2H3. The first-order valence-corrected chi connectivity index (χ1v) is 16.2. The molecule has 10 fully saturated rings. The van der Waals surface area contributed by atoms with Crippen molar-refractivity contribution in [2.24, 2.45) is 35.5 Å². The Kier molecular flexibility index (Phi) is 5.03. The number of hydrogen-bond donors (Lipinski definition) is 0. The molecule has 8 bridgehead atoms. The highest BCUT2D eigenvalue weighted by molar-refractivity contribution is 5.58. The van der Waals surface area contributed by atoms with Gasteiger partial charge in [0.2, 0.25) is 0 Å². The molecule has 38 heavy (non-hydrogen) atoms. The Hall–Kier alpha value is -1.26. The summed E-state index contributed by atoms with van der Waals surface area (Å²) in [6.07, 6.45) is 17.8. The molecule has 4 nitrogen and oxygen atoms in total. The summed E-state index contributed by atoms with van der Waals surface area (Å²) in [6, 6.07) is 4.62. The van der Waals surface area contributed by atoms with Crippen molar-refractivity contribution in [1.82, 2.24) is 0 Å². The molecule has 0 N–H and O–H groups in total. The van der Waals surface area contributed by atoms with Crippen molar-refractivity contribution in [2.75, 3.05) is 13.2 Å². The molecule has 206 valence electrons. The fraction of sp³-hybridized carbons (Fsp3) is 0.824. The van der Waals surface area contributed by atoms with Gasteiger partial charge in [-0.3, -0.25) is 0 Å². The van der Waals surface area contributed by atoms with Crippen LogP contribution in [-0.4, -0.2) is 37.6 Å². The Morgan fingerprint density at radius 2 is 0.868 bits per heavy atom. The van der Waals surface area contributed by atoms with Crippen LogP contribution in [0.15, 0.2) is 12.1 Å². The van der Waals surface area contributed by atoms with Crippen LogP contribution in [0.3, 0.4) is 0 Å². The Morgan fingerprint density at radius 1 is 0.579 bits per heavy atom. The van der Waals surface area contributed by atoms with Crippen LogP contribution in [0.4, 0.5) is 0 Å². The minimum atomic E-state index is 0.109. The van der Waals surface area contributed by atoms with Crippen LogP contribution >= 0.6 is 0 Å². The molecule has 4 heteroatoms. The summed E-state index contributed by atoms with van der Waals surface area (Å²) in [6.45, 7) is 6.14. The number of rotatable bonds is 8. The fourth-order valence-electron chi connectivity index (χ4n) is 11.9. The van der Waals surface area contributed by atoms with E-state index in [1.165, 1.54) is 88.5 Å². The van der Waals surface area contributed by atoms with Crippen LogP contribution < -0.4 is 9.47 Å². The van der Waals surface area contributed by atoms with Gasteiger partial charge < -0.3 is 18.9 Å². The Balaban J connectivity index is 1.24. The number of ether oxygens (including phenoxy) is 4. The lowest BCUT2D eigenvalue weighted by Crippen LogP contribution is -2.52. The lowest BCUT2D eigenvalue weighted by molar-refractivity contribution is -0.0203. The van der Waals surface area contributed by atoms with E-state index < -0.39 is 0 Å². The van der Waals surface area contributed by atoms with Crippen LogP contribution in [0.5, 0.6) is 11.5 Å². The van der Waals surface area contributed by atoms with Crippen molar-refractivity contribution in [2.45, 2.75) is 126 Å². The van der Waals surface area contributed by atoms with Crippen LogP contribution in [0.2, 0.25) is 0 Å². The third-order valence-electron chi connectivity index (χ3n) is 12.7. The van der Waals surface area contributed by atoms with Gasteiger partial charge in [-0.2, -0.15) is 0 Å². The summed E-state index contributed by atoms with van der Waals surface area (Å²) in [7, 11) is 0. The summed E-state index contributed by atoms with van der Waals surface area (Å²) < 4.78 is 25.4. The van der Waals surface area contributed by atoms with Gasteiger partial charge in [-0.15, -0.1) is 0 Å². The highest BCUT2D eigenvalue weighted by atomic mass is 16.6. The Bertz CT molecular complexity index is 958. The molecule has 1 aromatic rings. The van der Waals surface area contributed by atoms with Crippen LogP contribution in [0, 0.1) is 35.5 Å². The van der Waals surface area contributed by atoms with Gasteiger partial charge in [0.15, 0.2) is 0 Å². The summed E-state index contributed by atoms with van der Waals surface area (Å²) in [4.78, 5) is 0. The van der Waals surface area contributed by atoms with Gasteiger partial charge in [0.05, 0.1) is 13.2 Å². The molecular weight excluding hydrogens is 472 g/mol. The van der Waals surface area contributed by atoms with E-state index in [2.05, 4.69) is 26.0 Å². The number of benzene rings is 1. The average molecular weight is 519 g/mol. The first kappa shape index (κ1) is 23.4. The highest BCUT2D eigenvalue weighted by Gasteiger charge is 2.58. The van der Waals surface area contributed by atoms with E-state index in [0.717, 1.165) is 48.7 Å². The molecule has 2 saturated heterocycles. The molecule has 0 aromatic heterocycles. The number of hydrogen-bond acceptors (Lipinski definition) is 4. The SMILES string of the molecule is CC(Oc1ccc(OC(C)C2CO2)c(C23CC4CC(CC(C4)C2)C3)c1C12CC3CC(CC(C3)C1)C2)C1CO1. The first-order chi connectivity index (χ1) is 18.5. The third kappa shape index (κ3) is 3.67. The van der Waals surface area contributed by atoms with Crippen molar-refractivity contribution >= 4 is 0 Å². The maximum atomic E-state index is 6.98. The van der Waals surface area contributed by atoms with E-state index in [1.54, 1.807) is 11.1 Å². The minimum Gasteiger partial charge on any atom is -0.488 e. The van der Waals surface area contributed by atoms with E-state index in [9.17, 15) is 0 Å². The Morgan fingerprint density at radius 3 is 1.13 bits per heavy atom. The normalized spacial score (nSPS) is 48.7. The first-order valence-electron chi connectivity index (χ1n) is 16.2. The van der Waals surface area contributed by atoms with E-state index in [-0.39, 0.29) is 35.2 Å². The van der Waals surface area contributed by atoms with E-state index in [0.29, 0.717) is 0 Å². The smallest absolute Gasteiger partial charge is 0.124 e. The molecular formula is C34H46O4. The zero-order valence-corrected chi connectivity index (χ0v) is 23.5. The predicted molar refractivity (Wildman–Crippen MR) is 146 cm³/mol. The zero-order valence-electron chi connectivity index (χ0n) is 23.5. The molecule has 0 spiro atoms. The molecule has 1 aromatic carbocycles. The topological polar surface area (TPSA) is 43.5 Å². The zero-order chi connectivity index (χ0) is 25.2. The Labute approximate surface area is 228 Å². The van der Waals surface area contributed by atoms with Gasteiger partial charge in [0, 0.05) is 22.0 Å². The monoisotopic (exact) mass is 518 g/mol. The summed E-state index contributed by atoms with van der Waals surface area (Å²) in [5.41, 5.74) is 3.77. The lowest BCUT2D eigenvalue weighted by atomic mass is 9.44. The average Bonchev–Trinajstić information content (AvgIpc) is 3.76. The van der Waals surface area contributed by atoms with Crippen LogP contribution in [0.25, 0.3) is 0 Å². The van der Waals surface area contributed by atoms with Gasteiger partial charge in [0.25, 0.3) is 0 Å². The van der Waals surface area contributed by atoms with Gasteiger partial charge in [-0.05, 0) is 139 Å². The molecule has 2 heterocycles. The van der Waals surface area contributed by atoms with Gasteiger partial charge >= 0.3 is 0 Å². The molecule has 4 atom stereocenters. The maximum absolute atomic E-state index is 6.98. The second kappa shape index (κ2) is 8.15. The van der Waals surface area contributed by atoms with Gasteiger partial charge in [0.1, 0.15) is 35.9 Å². The summed E-state index contributed by atoms with van der Waals surface area (Å²) in [5, 5.41) is 0. The van der Waals surface area contributed by atoms with Gasteiger partial charge in [-0.1, -0.05) is 0 Å². The fourth-order valence-corrected chi connectivity index (χ4v) is 11.9. The van der Waals surface area contributed by atoms with Crippen molar-refractivity contribution in [3.8, 4) is 11.5 Å². The van der Waals surface area contributed by atoms with E-state index in [4.69, 9.17) is 18.9 Å². The predicted octanol–water partition coefficient (Wildman–Crippen LogP) is 6.95. The van der Waals surface area contributed by atoms with Crippen LogP contribution in [-0.2, 0) is 20.3 Å². The maximum Gasteiger partial charge on any atom is 0.124 e. The lowest BCUT2D eigenvalue weighted by Gasteiger charge is -2.61. The third-order valence-corrected chi connectivity index (χ3v) is 12.7.